The van der Waals surface area contributed by atoms with Crippen LogP contribution in [0.25, 0.3) is 0 Å². The molecular formula is C13H16ClNO2. The third-order valence-electron chi connectivity index (χ3n) is 3.40. The molecule has 1 fully saturated rings. The van der Waals surface area contributed by atoms with Crippen LogP contribution in [0.15, 0.2) is 24.3 Å². The highest BCUT2D eigenvalue weighted by Crippen LogP contribution is 2.30. The van der Waals surface area contributed by atoms with Gasteiger partial charge in [-0.2, -0.15) is 0 Å². The quantitative estimate of drug-likeness (QED) is 0.868. The smallest absolute Gasteiger partial charge is 0.308 e. The summed E-state index contributed by atoms with van der Waals surface area (Å²) in [5.41, 5.74) is 1.09. The topological polar surface area (TPSA) is 49.3 Å². The molecule has 1 aliphatic rings. The predicted octanol–water partition coefficient (Wildman–Crippen LogP) is 2.85. The van der Waals surface area contributed by atoms with E-state index in [-0.39, 0.29) is 18.0 Å². The third-order valence-corrected chi connectivity index (χ3v) is 3.64. The highest BCUT2D eigenvalue weighted by molar-refractivity contribution is 6.30. The molecule has 4 heteroatoms. The minimum Gasteiger partial charge on any atom is -0.481 e. The molecule has 2 N–H and O–H groups in total. The molecular weight excluding hydrogens is 238 g/mol. The molecule has 2 rings (SSSR count). The first-order valence-corrected chi connectivity index (χ1v) is 6.20. The van der Waals surface area contributed by atoms with Crippen molar-refractivity contribution in [1.82, 2.24) is 5.32 Å². The fourth-order valence-electron chi connectivity index (χ4n) is 2.19. The second kappa shape index (κ2) is 5.07. The van der Waals surface area contributed by atoms with Crippen LogP contribution in [0.1, 0.15) is 31.4 Å². The Labute approximate surface area is 106 Å². The van der Waals surface area contributed by atoms with Crippen molar-refractivity contribution >= 4 is 17.6 Å². The number of carbonyl (C=O) groups is 1. The molecule has 3 nitrogen and oxygen atoms in total. The number of rotatable bonds is 4. The summed E-state index contributed by atoms with van der Waals surface area (Å²) in [7, 11) is 0. The molecule has 3 atom stereocenters. The highest BCUT2D eigenvalue weighted by Gasteiger charge is 2.37. The first-order chi connectivity index (χ1) is 8.08. The second-order valence-corrected chi connectivity index (χ2v) is 5.01. The zero-order chi connectivity index (χ0) is 12.4. The van der Waals surface area contributed by atoms with E-state index in [0.717, 1.165) is 18.4 Å². The van der Waals surface area contributed by atoms with E-state index in [1.54, 1.807) is 0 Å². The summed E-state index contributed by atoms with van der Waals surface area (Å²) in [5, 5.41) is 13.0. The molecule has 1 aliphatic carbocycles. The second-order valence-electron chi connectivity index (χ2n) is 4.57. The van der Waals surface area contributed by atoms with E-state index in [9.17, 15) is 4.79 Å². The van der Waals surface area contributed by atoms with Crippen LogP contribution in [-0.4, -0.2) is 17.1 Å². The first-order valence-electron chi connectivity index (χ1n) is 5.82. The molecule has 92 valence electrons. The van der Waals surface area contributed by atoms with E-state index in [2.05, 4.69) is 5.32 Å². The minimum absolute atomic E-state index is 0.0847. The fraction of sp³-hybridized carbons (Fsp3) is 0.462. The lowest BCUT2D eigenvalue weighted by Crippen LogP contribution is -2.48. The van der Waals surface area contributed by atoms with Crippen molar-refractivity contribution in [3.05, 3.63) is 34.9 Å². The molecule has 2 unspecified atom stereocenters. The molecule has 0 heterocycles. The Morgan fingerprint density at radius 1 is 1.53 bits per heavy atom. The summed E-state index contributed by atoms with van der Waals surface area (Å²) in [5.74, 6) is -0.941. The lowest BCUT2D eigenvalue weighted by Gasteiger charge is -2.36. The Hall–Kier alpha value is -1.06. The maximum atomic E-state index is 10.9. The lowest BCUT2D eigenvalue weighted by molar-refractivity contribution is -0.146. The van der Waals surface area contributed by atoms with Crippen molar-refractivity contribution in [1.29, 1.82) is 0 Å². The van der Waals surface area contributed by atoms with Crippen LogP contribution in [0.4, 0.5) is 0 Å². The molecule has 0 aliphatic heterocycles. The zero-order valence-corrected chi connectivity index (χ0v) is 10.4. The van der Waals surface area contributed by atoms with Crippen molar-refractivity contribution in [2.24, 2.45) is 5.92 Å². The Morgan fingerprint density at radius 2 is 2.29 bits per heavy atom. The van der Waals surface area contributed by atoms with Gasteiger partial charge < -0.3 is 10.4 Å². The molecule has 17 heavy (non-hydrogen) atoms. The zero-order valence-electron chi connectivity index (χ0n) is 9.69. The Morgan fingerprint density at radius 3 is 2.82 bits per heavy atom. The summed E-state index contributed by atoms with van der Waals surface area (Å²) in [6.45, 7) is 2.03. The van der Waals surface area contributed by atoms with Gasteiger partial charge in [-0.3, -0.25) is 4.79 Å². The predicted molar refractivity (Wildman–Crippen MR) is 67.2 cm³/mol. The fourth-order valence-corrected chi connectivity index (χ4v) is 2.39. The molecule has 1 aromatic rings. The summed E-state index contributed by atoms with van der Waals surface area (Å²) in [6, 6.07) is 7.86. The van der Waals surface area contributed by atoms with Gasteiger partial charge in [0.15, 0.2) is 0 Å². The maximum Gasteiger partial charge on any atom is 0.308 e. The summed E-state index contributed by atoms with van der Waals surface area (Å²) in [6.07, 6.45) is 1.71. The van der Waals surface area contributed by atoms with Gasteiger partial charge in [0.1, 0.15) is 0 Å². The number of hydrogen-bond acceptors (Lipinski definition) is 2. The summed E-state index contributed by atoms with van der Waals surface area (Å²) in [4.78, 5) is 10.9. The molecule has 0 bridgehead atoms. The van der Waals surface area contributed by atoms with E-state index in [1.807, 2.05) is 31.2 Å². The molecule has 0 aromatic heterocycles. The summed E-state index contributed by atoms with van der Waals surface area (Å²) >= 11 is 5.93. The van der Waals surface area contributed by atoms with Crippen LogP contribution in [0.5, 0.6) is 0 Å². The van der Waals surface area contributed by atoms with Gasteiger partial charge in [-0.25, -0.2) is 0 Å². The molecule has 0 spiro atoms. The van der Waals surface area contributed by atoms with Crippen molar-refractivity contribution < 1.29 is 9.90 Å². The van der Waals surface area contributed by atoms with Gasteiger partial charge in [-0.05, 0) is 37.5 Å². The van der Waals surface area contributed by atoms with Crippen molar-refractivity contribution in [2.75, 3.05) is 0 Å². The number of nitrogens with one attached hydrogen (secondary N) is 1. The van der Waals surface area contributed by atoms with Crippen LogP contribution in [-0.2, 0) is 4.79 Å². The Kier molecular flexibility index (Phi) is 3.69. The van der Waals surface area contributed by atoms with Crippen molar-refractivity contribution in [3.63, 3.8) is 0 Å². The third kappa shape index (κ3) is 2.79. The van der Waals surface area contributed by atoms with Gasteiger partial charge in [-0.1, -0.05) is 23.7 Å². The SMILES string of the molecule is C[C@@H](NC1CCC1C(=O)O)c1cccc(Cl)c1. The number of hydrogen-bond donors (Lipinski definition) is 2. The van der Waals surface area contributed by atoms with Gasteiger partial charge in [0.05, 0.1) is 5.92 Å². The van der Waals surface area contributed by atoms with Crippen LogP contribution in [0.2, 0.25) is 5.02 Å². The molecule has 1 saturated carbocycles. The Balaban J connectivity index is 1.98. The van der Waals surface area contributed by atoms with Gasteiger partial charge in [0.2, 0.25) is 0 Å². The molecule has 0 saturated heterocycles. The van der Waals surface area contributed by atoms with E-state index >= 15 is 0 Å². The number of benzene rings is 1. The van der Waals surface area contributed by atoms with Gasteiger partial charge in [0.25, 0.3) is 0 Å². The average molecular weight is 254 g/mol. The molecule has 0 radical (unpaired) electrons. The van der Waals surface area contributed by atoms with Gasteiger partial charge in [-0.15, -0.1) is 0 Å². The van der Waals surface area contributed by atoms with Gasteiger partial charge >= 0.3 is 5.97 Å². The van der Waals surface area contributed by atoms with Gasteiger partial charge in [0, 0.05) is 17.1 Å². The van der Waals surface area contributed by atoms with Crippen LogP contribution >= 0.6 is 11.6 Å². The minimum atomic E-state index is -0.702. The van der Waals surface area contributed by atoms with E-state index in [0.29, 0.717) is 5.02 Å². The van der Waals surface area contributed by atoms with Crippen LogP contribution in [0, 0.1) is 5.92 Å². The van der Waals surface area contributed by atoms with Crippen molar-refractivity contribution in [2.45, 2.75) is 31.8 Å². The maximum absolute atomic E-state index is 10.9. The van der Waals surface area contributed by atoms with E-state index in [1.165, 1.54) is 0 Å². The number of halogens is 1. The monoisotopic (exact) mass is 253 g/mol. The largest absolute Gasteiger partial charge is 0.481 e. The normalized spacial score (nSPS) is 25.1. The highest BCUT2D eigenvalue weighted by atomic mass is 35.5. The molecule has 0 amide bonds. The van der Waals surface area contributed by atoms with E-state index < -0.39 is 5.97 Å². The number of carboxylic acid groups (broad SMARTS) is 1. The van der Waals surface area contributed by atoms with Crippen LogP contribution in [0.3, 0.4) is 0 Å². The lowest BCUT2D eigenvalue weighted by atomic mass is 9.79. The average Bonchev–Trinajstić information content (AvgIpc) is 2.23. The van der Waals surface area contributed by atoms with Crippen LogP contribution < -0.4 is 5.32 Å². The Bertz CT molecular complexity index is 422. The standard InChI is InChI=1S/C13H16ClNO2/c1-8(9-3-2-4-10(14)7-9)15-12-6-5-11(12)13(16)17/h2-4,7-8,11-12,15H,5-6H2,1H3,(H,16,17)/t8-,11?,12?/m1/s1. The number of carboxylic acids is 1. The first kappa shape index (κ1) is 12.4. The summed E-state index contributed by atoms with van der Waals surface area (Å²) < 4.78 is 0. The van der Waals surface area contributed by atoms with E-state index in [4.69, 9.17) is 16.7 Å². The number of aliphatic carboxylic acids is 1. The van der Waals surface area contributed by atoms with Crippen molar-refractivity contribution in [3.8, 4) is 0 Å². The molecule has 1 aromatic carbocycles.